The van der Waals surface area contributed by atoms with Crippen molar-refractivity contribution in [2.45, 2.75) is 4.90 Å². The molecule has 0 bridgehead atoms. The molecular formula is C12H7Br2F2NO2S. The van der Waals surface area contributed by atoms with E-state index in [1.165, 1.54) is 18.2 Å². The summed E-state index contributed by atoms with van der Waals surface area (Å²) in [7, 11) is -4.20. The number of sulfonamides is 1. The van der Waals surface area contributed by atoms with Crippen molar-refractivity contribution in [3.8, 4) is 0 Å². The van der Waals surface area contributed by atoms with E-state index in [4.69, 9.17) is 0 Å². The van der Waals surface area contributed by atoms with Gasteiger partial charge in [-0.1, -0.05) is 31.9 Å². The largest absolute Gasteiger partial charge is 0.277 e. The standard InChI is InChI=1S/C12H7Br2F2NO2S/c13-7-1-3-11(9(15)5-7)17-20(18,19)12-4-2-8(14)6-10(12)16/h1-6,17H. The smallest absolute Gasteiger partial charge is 0.264 e. The molecule has 0 aliphatic heterocycles. The summed E-state index contributed by atoms with van der Waals surface area (Å²) < 4.78 is 54.2. The number of benzene rings is 2. The van der Waals surface area contributed by atoms with Crippen LogP contribution in [0.3, 0.4) is 0 Å². The minimum atomic E-state index is -4.20. The molecule has 3 nitrogen and oxygen atoms in total. The van der Waals surface area contributed by atoms with Crippen LogP contribution in [0.5, 0.6) is 0 Å². The summed E-state index contributed by atoms with van der Waals surface area (Å²) in [5, 5.41) is 0. The van der Waals surface area contributed by atoms with Gasteiger partial charge in [-0.25, -0.2) is 17.2 Å². The van der Waals surface area contributed by atoms with Crippen molar-refractivity contribution in [3.05, 3.63) is 57.0 Å². The van der Waals surface area contributed by atoms with E-state index in [9.17, 15) is 17.2 Å². The average Bonchev–Trinajstić information content (AvgIpc) is 2.32. The van der Waals surface area contributed by atoms with Crippen molar-refractivity contribution in [3.63, 3.8) is 0 Å². The first kappa shape index (κ1) is 15.4. The number of hydrogen-bond acceptors (Lipinski definition) is 2. The first-order valence-corrected chi connectivity index (χ1v) is 8.29. The molecule has 0 saturated carbocycles. The molecule has 0 atom stereocenters. The van der Waals surface area contributed by atoms with Crippen LogP contribution in [0.2, 0.25) is 0 Å². The molecule has 8 heteroatoms. The third kappa shape index (κ3) is 3.36. The summed E-state index contributed by atoms with van der Waals surface area (Å²) in [5.74, 6) is -1.69. The number of anilines is 1. The fourth-order valence-corrected chi connectivity index (χ4v) is 3.26. The van der Waals surface area contributed by atoms with Crippen molar-refractivity contribution in [1.29, 1.82) is 0 Å². The van der Waals surface area contributed by atoms with Gasteiger partial charge in [0.2, 0.25) is 0 Å². The molecule has 0 aliphatic rings. The summed E-state index contributed by atoms with van der Waals surface area (Å²) in [6.45, 7) is 0. The van der Waals surface area contributed by atoms with E-state index in [0.29, 0.717) is 8.95 Å². The number of hydrogen-bond donors (Lipinski definition) is 1. The Balaban J connectivity index is 2.41. The Morgan fingerprint density at radius 3 is 2.00 bits per heavy atom. The lowest BCUT2D eigenvalue weighted by Crippen LogP contribution is -2.15. The van der Waals surface area contributed by atoms with E-state index in [0.717, 1.165) is 18.2 Å². The molecule has 0 radical (unpaired) electrons. The van der Waals surface area contributed by atoms with E-state index < -0.39 is 26.6 Å². The van der Waals surface area contributed by atoms with Crippen LogP contribution in [-0.4, -0.2) is 8.42 Å². The summed E-state index contributed by atoms with van der Waals surface area (Å²) in [6, 6.07) is 7.32. The van der Waals surface area contributed by atoms with Crippen LogP contribution in [0.25, 0.3) is 0 Å². The van der Waals surface area contributed by atoms with Crippen LogP contribution in [0.1, 0.15) is 0 Å². The lowest BCUT2D eigenvalue weighted by atomic mass is 10.3. The van der Waals surface area contributed by atoms with Crippen LogP contribution in [-0.2, 0) is 10.0 Å². The van der Waals surface area contributed by atoms with Crippen LogP contribution in [0, 0.1) is 11.6 Å². The van der Waals surface area contributed by atoms with Gasteiger partial charge in [-0.2, -0.15) is 0 Å². The van der Waals surface area contributed by atoms with Gasteiger partial charge in [-0.05, 0) is 36.4 Å². The zero-order chi connectivity index (χ0) is 14.9. The molecule has 2 aromatic carbocycles. The van der Waals surface area contributed by atoms with Gasteiger partial charge in [0, 0.05) is 8.95 Å². The first-order chi connectivity index (χ1) is 9.29. The number of halogens is 4. The molecule has 0 spiro atoms. The molecule has 20 heavy (non-hydrogen) atoms. The summed E-state index contributed by atoms with van der Waals surface area (Å²) in [5.41, 5.74) is -0.254. The second-order valence-corrected chi connectivity index (χ2v) is 7.29. The topological polar surface area (TPSA) is 46.2 Å². The highest BCUT2D eigenvalue weighted by Crippen LogP contribution is 2.25. The molecular weight excluding hydrogens is 420 g/mol. The van der Waals surface area contributed by atoms with E-state index >= 15 is 0 Å². The number of nitrogens with one attached hydrogen (secondary N) is 1. The van der Waals surface area contributed by atoms with Crippen LogP contribution in [0.4, 0.5) is 14.5 Å². The Labute approximate surface area is 131 Å². The van der Waals surface area contributed by atoms with Gasteiger partial charge in [-0.15, -0.1) is 0 Å². The Morgan fingerprint density at radius 2 is 1.45 bits per heavy atom. The molecule has 0 aliphatic carbocycles. The van der Waals surface area contributed by atoms with E-state index in [2.05, 4.69) is 31.9 Å². The van der Waals surface area contributed by atoms with E-state index in [1.807, 2.05) is 4.72 Å². The highest BCUT2D eigenvalue weighted by Gasteiger charge is 2.20. The van der Waals surface area contributed by atoms with Gasteiger partial charge >= 0.3 is 0 Å². The van der Waals surface area contributed by atoms with Gasteiger partial charge in [0.15, 0.2) is 0 Å². The summed E-state index contributed by atoms with van der Waals surface area (Å²) >= 11 is 6.09. The molecule has 2 rings (SSSR count). The van der Waals surface area contributed by atoms with Crippen LogP contribution >= 0.6 is 31.9 Å². The highest BCUT2D eigenvalue weighted by molar-refractivity contribution is 9.10. The predicted octanol–water partition coefficient (Wildman–Crippen LogP) is 4.29. The van der Waals surface area contributed by atoms with Crippen molar-refractivity contribution >= 4 is 47.6 Å². The molecule has 0 aromatic heterocycles. The average molecular weight is 427 g/mol. The van der Waals surface area contributed by atoms with Crippen LogP contribution in [0.15, 0.2) is 50.2 Å². The molecule has 0 fully saturated rings. The minimum absolute atomic E-state index is 0.254. The van der Waals surface area contributed by atoms with Crippen molar-refractivity contribution in [2.24, 2.45) is 0 Å². The van der Waals surface area contributed by atoms with Gasteiger partial charge in [0.25, 0.3) is 10.0 Å². The van der Waals surface area contributed by atoms with Crippen molar-refractivity contribution < 1.29 is 17.2 Å². The Bertz CT molecular complexity index is 766. The van der Waals surface area contributed by atoms with Gasteiger partial charge in [0.05, 0.1) is 5.69 Å². The zero-order valence-corrected chi connectivity index (χ0v) is 13.7. The molecule has 2 aromatic rings. The molecule has 0 saturated heterocycles. The zero-order valence-electron chi connectivity index (χ0n) is 9.70. The monoisotopic (exact) mass is 425 g/mol. The maximum Gasteiger partial charge on any atom is 0.264 e. The molecule has 0 heterocycles. The first-order valence-electron chi connectivity index (χ1n) is 5.22. The maximum atomic E-state index is 13.7. The predicted molar refractivity (Wildman–Crippen MR) is 79.0 cm³/mol. The molecule has 0 unspecified atom stereocenters. The van der Waals surface area contributed by atoms with E-state index in [-0.39, 0.29) is 5.69 Å². The van der Waals surface area contributed by atoms with Gasteiger partial charge in [-0.3, -0.25) is 4.72 Å². The third-order valence-electron chi connectivity index (χ3n) is 2.36. The lowest BCUT2D eigenvalue weighted by molar-refractivity contribution is 0.569. The molecule has 106 valence electrons. The number of rotatable bonds is 3. The normalized spacial score (nSPS) is 11.4. The SMILES string of the molecule is O=S(=O)(Nc1ccc(Br)cc1F)c1ccc(Br)cc1F. The van der Waals surface area contributed by atoms with E-state index in [1.54, 1.807) is 0 Å². The molecule has 1 N–H and O–H groups in total. The Hall–Kier alpha value is -0.990. The fraction of sp³-hybridized carbons (Fsp3) is 0. The summed E-state index contributed by atoms with van der Waals surface area (Å²) in [4.78, 5) is -0.553. The minimum Gasteiger partial charge on any atom is -0.277 e. The maximum absolute atomic E-state index is 13.7. The van der Waals surface area contributed by atoms with Crippen LogP contribution < -0.4 is 4.72 Å². The fourth-order valence-electron chi connectivity index (χ4n) is 1.47. The third-order valence-corrected chi connectivity index (χ3v) is 4.74. The van der Waals surface area contributed by atoms with Crippen molar-refractivity contribution in [2.75, 3.05) is 4.72 Å². The Kier molecular flexibility index (Phi) is 4.46. The Morgan fingerprint density at radius 1 is 0.900 bits per heavy atom. The quantitative estimate of drug-likeness (QED) is 0.795. The summed E-state index contributed by atoms with van der Waals surface area (Å²) in [6.07, 6.45) is 0. The highest BCUT2D eigenvalue weighted by atomic mass is 79.9. The molecule has 0 amide bonds. The van der Waals surface area contributed by atoms with Gasteiger partial charge < -0.3 is 0 Å². The second kappa shape index (κ2) is 5.79. The lowest BCUT2D eigenvalue weighted by Gasteiger charge is -2.10. The van der Waals surface area contributed by atoms with Crippen molar-refractivity contribution in [1.82, 2.24) is 0 Å². The van der Waals surface area contributed by atoms with Gasteiger partial charge in [0.1, 0.15) is 16.5 Å². The second-order valence-electron chi connectivity index (χ2n) is 3.80.